The van der Waals surface area contributed by atoms with Gasteiger partial charge in [0.1, 0.15) is 18.1 Å². The number of aliphatic hydroxyl groups is 1. The molecule has 1 amide bonds. The van der Waals surface area contributed by atoms with E-state index in [-0.39, 0.29) is 12.5 Å². The van der Waals surface area contributed by atoms with Crippen LogP contribution in [0.4, 0.5) is 0 Å². The van der Waals surface area contributed by atoms with Crippen molar-refractivity contribution in [2.75, 3.05) is 40.3 Å². The second-order valence-electron chi connectivity index (χ2n) is 10.3. The molecule has 1 saturated heterocycles. The van der Waals surface area contributed by atoms with Gasteiger partial charge in [-0.2, -0.15) is 0 Å². The molecule has 7 nitrogen and oxygen atoms in total. The van der Waals surface area contributed by atoms with Gasteiger partial charge >= 0.3 is 0 Å². The Morgan fingerprint density at radius 2 is 1.92 bits per heavy atom. The number of halogens is 1. The molecule has 0 aliphatic carbocycles. The Bertz CT molecular complexity index is 1350. The van der Waals surface area contributed by atoms with E-state index >= 15 is 0 Å². The van der Waals surface area contributed by atoms with Crippen LogP contribution in [0.1, 0.15) is 41.6 Å². The number of carbonyl (C=O) groups is 1. The van der Waals surface area contributed by atoms with Crippen molar-refractivity contribution in [2.24, 2.45) is 0 Å². The van der Waals surface area contributed by atoms with E-state index in [0.717, 1.165) is 59.8 Å². The highest BCUT2D eigenvalue weighted by molar-refractivity contribution is 6.30. The predicted octanol–water partition coefficient (Wildman–Crippen LogP) is 4.90. The number of carbonyl (C=O) groups excluding carboxylic acids is 1. The van der Waals surface area contributed by atoms with E-state index in [2.05, 4.69) is 22.0 Å². The lowest BCUT2D eigenvalue weighted by Crippen LogP contribution is -2.42. The lowest BCUT2D eigenvalue weighted by molar-refractivity contribution is -0.130. The van der Waals surface area contributed by atoms with Gasteiger partial charge in [-0.1, -0.05) is 35.9 Å². The van der Waals surface area contributed by atoms with Crippen LogP contribution in [0.15, 0.2) is 66.9 Å². The van der Waals surface area contributed by atoms with Crippen molar-refractivity contribution in [3.05, 3.63) is 94.3 Å². The fourth-order valence-corrected chi connectivity index (χ4v) is 5.23. The quantitative estimate of drug-likeness (QED) is 0.453. The molecule has 3 aromatic rings. The third kappa shape index (κ3) is 6.27. The zero-order valence-electron chi connectivity index (χ0n) is 22.4. The molecular formula is C31H34ClN3O4. The Morgan fingerprint density at radius 3 is 2.67 bits per heavy atom. The van der Waals surface area contributed by atoms with Gasteiger partial charge in [-0.15, -0.1) is 0 Å². The minimum atomic E-state index is -0.813. The molecule has 5 rings (SSSR count). The Kier molecular flexibility index (Phi) is 8.21. The van der Waals surface area contributed by atoms with Crippen molar-refractivity contribution in [3.8, 4) is 11.5 Å². The van der Waals surface area contributed by atoms with Crippen molar-refractivity contribution < 1.29 is 19.4 Å². The summed E-state index contributed by atoms with van der Waals surface area (Å²) >= 11 is 6.03. The molecule has 39 heavy (non-hydrogen) atoms. The maximum Gasteiger partial charge on any atom is 0.259 e. The van der Waals surface area contributed by atoms with Crippen molar-refractivity contribution in [1.82, 2.24) is 14.8 Å². The van der Waals surface area contributed by atoms with Gasteiger partial charge in [0.15, 0.2) is 6.61 Å². The molecule has 2 aliphatic rings. The first-order valence-corrected chi connectivity index (χ1v) is 13.7. The Hall–Kier alpha value is -3.39. The van der Waals surface area contributed by atoms with Gasteiger partial charge in [0, 0.05) is 56.1 Å². The van der Waals surface area contributed by atoms with Crippen molar-refractivity contribution >= 4 is 23.1 Å². The number of ether oxygens (including phenoxy) is 2. The maximum absolute atomic E-state index is 12.0. The van der Waals surface area contributed by atoms with Gasteiger partial charge < -0.3 is 24.4 Å². The van der Waals surface area contributed by atoms with Crippen LogP contribution in [0.2, 0.25) is 5.02 Å². The van der Waals surface area contributed by atoms with E-state index in [4.69, 9.17) is 21.1 Å². The smallest absolute Gasteiger partial charge is 0.259 e. The van der Waals surface area contributed by atoms with Crippen LogP contribution in [0.5, 0.6) is 11.5 Å². The van der Waals surface area contributed by atoms with E-state index in [1.807, 2.05) is 48.5 Å². The van der Waals surface area contributed by atoms with Crippen LogP contribution in [0.25, 0.3) is 5.57 Å². The van der Waals surface area contributed by atoms with Gasteiger partial charge in [0.05, 0.1) is 11.3 Å². The van der Waals surface area contributed by atoms with Crippen LogP contribution in [0.3, 0.4) is 0 Å². The lowest BCUT2D eigenvalue weighted by atomic mass is 9.84. The van der Waals surface area contributed by atoms with E-state index in [1.54, 1.807) is 20.3 Å². The topological polar surface area (TPSA) is 75.1 Å². The van der Waals surface area contributed by atoms with Crippen LogP contribution < -0.4 is 9.47 Å². The van der Waals surface area contributed by atoms with Gasteiger partial charge in [-0.25, -0.2) is 0 Å². The van der Waals surface area contributed by atoms with Gasteiger partial charge in [-0.05, 0) is 66.8 Å². The number of pyridine rings is 1. The number of hydrogen-bond donors (Lipinski definition) is 1. The molecule has 2 aromatic carbocycles. The first kappa shape index (κ1) is 27.2. The summed E-state index contributed by atoms with van der Waals surface area (Å²) in [6.45, 7) is 2.87. The molecule has 1 N–H and O–H groups in total. The molecule has 8 heteroatoms. The van der Waals surface area contributed by atoms with E-state index in [1.165, 1.54) is 4.90 Å². The summed E-state index contributed by atoms with van der Waals surface area (Å²) in [4.78, 5) is 20.5. The van der Waals surface area contributed by atoms with E-state index in [9.17, 15) is 9.90 Å². The average molecular weight is 548 g/mol. The second kappa shape index (κ2) is 11.8. The summed E-state index contributed by atoms with van der Waals surface area (Å²) in [5.74, 6) is 1.27. The summed E-state index contributed by atoms with van der Waals surface area (Å²) in [5, 5.41) is 11.9. The zero-order chi connectivity index (χ0) is 27.4. The predicted molar refractivity (Wildman–Crippen MR) is 152 cm³/mol. The molecule has 0 unspecified atom stereocenters. The number of nitrogens with zero attached hydrogens (tertiary/aromatic N) is 3. The minimum absolute atomic E-state index is 0.0266. The molecule has 3 heterocycles. The molecule has 0 bridgehead atoms. The molecule has 1 fully saturated rings. The van der Waals surface area contributed by atoms with E-state index < -0.39 is 5.60 Å². The third-order valence-electron chi connectivity index (χ3n) is 7.51. The number of rotatable bonds is 7. The molecule has 0 saturated carbocycles. The number of likely N-dealkylation sites (N-methyl/N-ethyl adjacent to an activating group) is 1. The highest BCUT2D eigenvalue weighted by Crippen LogP contribution is 2.39. The summed E-state index contributed by atoms with van der Waals surface area (Å²) in [6, 6.07) is 17.2. The first-order chi connectivity index (χ1) is 18.8. The third-order valence-corrected chi connectivity index (χ3v) is 7.76. The fourth-order valence-electron chi connectivity index (χ4n) is 5.11. The summed E-state index contributed by atoms with van der Waals surface area (Å²) in [7, 11) is 3.42. The Labute approximate surface area is 234 Å². The first-order valence-electron chi connectivity index (χ1n) is 13.3. The van der Waals surface area contributed by atoms with E-state index in [0.29, 0.717) is 30.2 Å². The summed E-state index contributed by atoms with van der Waals surface area (Å²) in [5.41, 5.74) is 4.01. The average Bonchev–Trinajstić information content (AvgIpc) is 3.10. The van der Waals surface area contributed by atoms with Crippen molar-refractivity contribution in [3.63, 3.8) is 0 Å². The highest BCUT2D eigenvalue weighted by Gasteiger charge is 2.33. The van der Waals surface area contributed by atoms with Crippen molar-refractivity contribution in [1.29, 1.82) is 0 Å². The molecular weight excluding hydrogens is 514 g/mol. The number of benzene rings is 2. The lowest BCUT2D eigenvalue weighted by Gasteiger charge is -2.38. The second-order valence-corrected chi connectivity index (χ2v) is 10.7. The van der Waals surface area contributed by atoms with Gasteiger partial charge in [0.25, 0.3) is 5.91 Å². The number of amides is 1. The standard InChI is InChI=1S/C31H34ClN3O4/c1-34(2)30(36)21-38-24-11-12-29-27(19-24)25(26-5-3-15-33-28(26)20-39-29)6-4-16-35-17-13-31(37,14-18-35)22-7-9-23(32)10-8-22/h3,5-12,15,19,37H,4,13-14,16-18,20-21H2,1-2H3/b25-6+. The largest absolute Gasteiger partial charge is 0.487 e. The number of piperidine rings is 1. The molecule has 0 radical (unpaired) electrons. The number of likely N-dealkylation sites (tertiary alicyclic amines) is 1. The SMILES string of the molecule is CN(C)C(=O)COc1ccc2c(c1)/C(=C/CCN1CCC(O)(c3ccc(Cl)cc3)CC1)c1cccnc1CO2. The van der Waals surface area contributed by atoms with Crippen LogP contribution in [-0.4, -0.2) is 66.1 Å². The molecule has 1 aromatic heterocycles. The number of hydrogen-bond acceptors (Lipinski definition) is 6. The normalized spacial score (nSPS) is 17.5. The minimum Gasteiger partial charge on any atom is -0.487 e. The number of fused-ring (bicyclic) bond motifs is 2. The monoisotopic (exact) mass is 547 g/mol. The molecule has 2 aliphatic heterocycles. The van der Waals surface area contributed by atoms with Crippen LogP contribution in [-0.2, 0) is 17.0 Å². The summed E-state index contributed by atoms with van der Waals surface area (Å²) < 4.78 is 11.9. The molecule has 0 spiro atoms. The van der Waals surface area contributed by atoms with Gasteiger partial charge in [-0.3, -0.25) is 9.78 Å². The molecule has 0 atom stereocenters. The zero-order valence-corrected chi connectivity index (χ0v) is 23.2. The van der Waals surface area contributed by atoms with Crippen LogP contribution >= 0.6 is 11.6 Å². The molecule has 204 valence electrons. The summed E-state index contributed by atoms with van der Waals surface area (Å²) in [6.07, 6.45) is 6.21. The highest BCUT2D eigenvalue weighted by atomic mass is 35.5. The van der Waals surface area contributed by atoms with Crippen LogP contribution in [0, 0.1) is 0 Å². The fraction of sp³-hybridized carbons (Fsp3) is 0.355. The maximum atomic E-state index is 12.0. The number of aromatic nitrogens is 1. The Morgan fingerprint density at radius 1 is 1.15 bits per heavy atom. The Balaban J connectivity index is 1.31. The van der Waals surface area contributed by atoms with Gasteiger partial charge in [0.2, 0.25) is 0 Å². The van der Waals surface area contributed by atoms with Crippen molar-refractivity contribution in [2.45, 2.75) is 31.5 Å².